The van der Waals surface area contributed by atoms with Gasteiger partial charge in [0.2, 0.25) is 0 Å². The van der Waals surface area contributed by atoms with Gasteiger partial charge in [0, 0.05) is 18.8 Å². The second-order valence-corrected chi connectivity index (χ2v) is 6.63. The maximum atomic E-state index is 11.4. The molecule has 18 heavy (non-hydrogen) atoms. The van der Waals surface area contributed by atoms with Crippen LogP contribution in [-0.2, 0) is 14.6 Å². The lowest BCUT2D eigenvalue weighted by Gasteiger charge is -2.36. The van der Waals surface area contributed by atoms with Crippen molar-refractivity contribution in [2.45, 2.75) is 17.9 Å². The summed E-state index contributed by atoms with van der Waals surface area (Å²) < 4.78 is 28.3. The molecule has 1 saturated heterocycles. The quantitative estimate of drug-likeness (QED) is 0.808. The van der Waals surface area contributed by atoms with Gasteiger partial charge in [-0.2, -0.15) is 0 Å². The van der Waals surface area contributed by atoms with Crippen LogP contribution in [0.2, 0.25) is 0 Å². The van der Waals surface area contributed by atoms with Gasteiger partial charge in [0.25, 0.3) is 0 Å². The van der Waals surface area contributed by atoms with E-state index in [1.807, 2.05) is 0 Å². The van der Waals surface area contributed by atoms with E-state index in [4.69, 9.17) is 10.5 Å². The molecule has 1 aromatic rings. The van der Waals surface area contributed by atoms with E-state index in [-0.39, 0.29) is 10.9 Å². The molecule has 6 heteroatoms. The van der Waals surface area contributed by atoms with E-state index in [2.05, 4.69) is 11.8 Å². The van der Waals surface area contributed by atoms with Crippen LogP contribution >= 0.6 is 0 Å². The zero-order valence-corrected chi connectivity index (χ0v) is 11.4. The third kappa shape index (κ3) is 2.59. The van der Waals surface area contributed by atoms with Crippen molar-refractivity contribution in [3.63, 3.8) is 0 Å². The van der Waals surface area contributed by atoms with E-state index < -0.39 is 9.84 Å². The highest BCUT2D eigenvalue weighted by Gasteiger charge is 2.21. The monoisotopic (exact) mass is 270 g/mol. The van der Waals surface area contributed by atoms with Crippen molar-refractivity contribution < 1.29 is 13.2 Å². The Morgan fingerprint density at radius 1 is 1.44 bits per heavy atom. The van der Waals surface area contributed by atoms with Crippen LogP contribution in [0.1, 0.15) is 6.92 Å². The predicted octanol–water partition coefficient (Wildman–Crippen LogP) is 0.897. The number of ether oxygens (including phenoxy) is 1. The van der Waals surface area contributed by atoms with Crippen LogP contribution in [-0.4, -0.2) is 40.5 Å². The summed E-state index contributed by atoms with van der Waals surface area (Å²) in [7, 11) is -3.21. The van der Waals surface area contributed by atoms with Crippen molar-refractivity contribution in [1.29, 1.82) is 0 Å². The highest BCUT2D eigenvalue weighted by Crippen LogP contribution is 2.28. The molecule has 1 fully saturated rings. The van der Waals surface area contributed by atoms with Crippen molar-refractivity contribution in [1.82, 2.24) is 0 Å². The van der Waals surface area contributed by atoms with Crippen molar-refractivity contribution in [3.05, 3.63) is 18.2 Å². The molecule has 0 saturated carbocycles. The summed E-state index contributed by atoms with van der Waals surface area (Å²) in [4.78, 5) is 2.40. The van der Waals surface area contributed by atoms with Crippen LogP contribution in [0.3, 0.4) is 0 Å². The number of hydrogen-bond donors (Lipinski definition) is 1. The fraction of sp³-hybridized carbons (Fsp3) is 0.500. The van der Waals surface area contributed by atoms with Crippen molar-refractivity contribution in [2.75, 3.05) is 36.6 Å². The summed E-state index contributed by atoms with van der Waals surface area (Å²) in [6.45, 7) is 4.15. The molecule has 1 unspecified atom stereocenters. The number of benzene rings is 1. The number of rotatable bonds is 2. The fourth-order valence-corrected chi connectivity index (χ4v) is 2.77. The average molecular weight is 270 g/mol. The van der Waals surface area contributed by atoms with E-state index in [1.165, 1.54) is 12.3 Å². The summed E-state index contributed by atoms with van der Waals surface area (Å²) >= 11 is 0. The first-order valence-electron chi connectivity index (χ1n) is 5.83. The topological polar surface area (TPSA) is 72.6 Å². The van der Waals surface area contributed by atoms with Crippen molar-refractivity contribution in [3.8, 4) is 0 Å². The van der Waals surface area contributed by atoms with E-state index in [9.17, 15) is 8.42 Å². The third-order valence-electron chi connectivity index (χ3n) is 3.10. The highest BCUT2D eigenvalue weighted by molar-refractivity contribution is 7.90. The molecule has 0 bridgehead atoms. The van der Waals surface area contributed by atoms with E-state index in [0.29, 0.717) is 18.9 Å². The Morgan fingerprint density at radius 2 is 2.17 bits per heavy atom. The first kappa shape index (κ1) is 13.2. The van der Waals surface area contributed by atoms with E-state index >= 15 is 0 Å². The normalized spacial score (nSPS) is 21.0. The summed E-state index contributed by atoms with van der Waals surface area (Å²) in [5.41, 5.74) is 7.33. The molecule has 1 aliphatic heterocycles. The van der Waals surface area contributed by atoms with Gasteiger partial charge in [-0.25, -0.2) is 8.42 Å². The van der Waals surface area contributed by atoms with Gasteiger partial charge < -0.3 is 15.4 Å². The second-order valence-electron chi connectivity index (χ2n) is 4.61. The molecule has 5 nitrogen and oxygen atoms in total. The van der Waals surface area contributed by atoms with Gasteiger partial charge >= 0.3 is 0 Å². The molecule has 0 radical (unpaired) electrons. The largest absolute Gasteiger partial charge is 0.397 e. The van der Waals surface area contributed by atoms with E-state index in [1.54, 1.807) is 12.1 Å². The van der Waals surface area contributed by atoms with Crippen LogP contribution in [0, 0.1) is 0 Å². The molecule has 1 atom stereocenters. The smallest absolute Gasteiger partial charge is 0.175 e. The molecular formula is C12H18N2O3S. The molecule has 0 aliphatic carbocycles. The van der Waals surface area contributed by atoms with Crippen LogP contribution in [0.25, 0.3) is 0 Å². The third-order valence-corrected chi connectivity index (χ3v) is 4.21. The molecule has 0 aromatic heterocycles. The molecule has 2 N–H and O–H groups in total. The predicted molar refractivity (Wildman–Crippen MR) is 71.6 cm³/mol. The minimum atomic E-state index is -3.21. The summed E-state index contributed by atoms with van der Waals surface area (Å²) in [5.74, 6) is 0. The number of sulfone groups is 1. The van der Waals surface area contributed by atoms with E-state index in [0.717, 1.165) is 12.2 Å². The summed E-state index contributed by atoms with van der Waals surface area (Å²) in [5, 5.41) is 0. The Kier molecular flexibility index (Phi) is 3.49. The molecule has 1 aliphatic rings. The number of anilines is 2. The maximum absolute atomic E-state index is 11.4. The van der Waals surface area contributed by atoms with Crippen LogP contribution < -0.4 is 10.6 Å². The van der Waals surface area contributed by atoms with Gasteiger partial charge in [-0.15, -0.1) is 0 Å². The molecule has 0 spiro atoms. The Morgan fingerprint density at radius 3 is 2.72 bits per heavy atom. The number of nitrogens with two attached hydrogens (primary N) is 1. The zero-order chi connectivity index (χ0) is 13.3. The van der Waals surface area contributed by atoms with Gasteiger partial charge in [-0.3, -0.25) is 0 Å². The number of nitrogen functional groups attached to an aromatic ring is 1. The maximum Gasteiger partial charge on any atom is 0.175 e. The molecule has 0 amide bonds. The SMILES string of the molecule is CC1COCCN1c1ccc(S(C)(=O)=O)cc1N. The Hall–Kier alpha value is -1.27. The molecule has 1 aromatic carbocycles. The molecule has 100 valence electrons. The molecule has 1 heterocycles. The number of nitrogens with zero attached hydrogens (tertiary/aromatic N) is 1. The lowest BCUT2D eigenvalue weighted by atomic mass is 10.2. The number of morpholine rings is 1. The Labute approximate surface area is 107 Å². The minimum Gasteiger partial charge on any atom is -0.397 e. The summed E-state index contributed by atoms with van der Waals surface area (Å²) in [6, 6.07) is 5.13. The minimum absolute atomic E-state index is 0.241. The van der Waals surface area contributed by atoms with Crippen LogP contribution in [0.15, 0.2) is 23.1 Å². The highest BCUT2D eigenvalue weighted by atomic mass is 32.2. The average Bonchev–Trinajstić information content (AvgIpc) is 2.29. The standard InChI is InChI=1S/C12H18N2O3S/c1-9-8-17-6-5-14(9)12-4-3-10(7-11(12)13)18(2,15)16/h3-4,7,9H,5-6,8,13H2,1-2H3. The number of hydrogen-bond acceptors (Lipinski definition) is 5. The van der Waals surface area contributed by atoms with Crippen molar-refractivity contribution >= 4 is 21.2 Å². The fourth-order valence-electron chi connectivity index (χ4n) is 2.11. The zero-order valence-electron chi connectivity index (χ0n) is 10.6. The lowest BCUT2D eigenvalue weighted by molar-refractivity contribution is 0.0990. The van der Waals surface area contributed by atoms with Gasteiger partial charge in [0.1, 0.15) is 0 Å². The van der Waals surface area contributed by atoms with Crippen molar-refractivity contribution in [2.24, 2.45) is 0 Å². The van der Waals surface area contributed by atoms with Crippen LogP contribution in [0.5, 0.6) is 0 Å². The van der Waals surface area contributed by atoms with Gasteiger partial charge in [-0.1, -0.05) is 0 Å². The second kappa shape index (κ2) is 4.78. The lowest BCUT2D eigenvalue weighted by Crippen LogP contribution is -2.44. The molecule has 2 rings (SSSR count). The molecular weight excluding hydrogens is 252 g/mol. The van der Waals surface area contributed by atoms with Crippen LogP contribution in [0.4, 0.5) is 11.4 Å². The summed E-state index contributed by atoms with van der Waals surface area (Å²) in [6.07, 6.45) is 1.18. The Bertz CT molecular complexity index is 542. The first-order chi connectivity index (χ1) is 8.39. The van der Waals surface area contributed by atoms with Gasteiger partial charge in [-0.05, 0) is 25.1 Å². The van der Waals surface area contributed by atoms with Gasteiger partial charge in [0.15, 0.2) is 9.84 Å². The van der Waals surface area contributed by atoms with Gasteiger partial charge in [0.05, 0.1) is 29.5 Å². The Balaban J connectivity index is 2.35. The first-order valence-corrected chi connectivity index (χ1v) is 7.72.